The monoisotopic (exact) mass is 264 g/mol. The molecule has 5 nitrogen and oxygen atoms in total. The summed E-state index contributed by atoms with van der Waals surface area (Å²) >= 11 is 0. The predicted molar refractivity (Wildman–Crippen MR) is 71.4 cm³/mol. The molecule has 1 heterocycles. The largest absolute Gasteiger partial charge is 0.445 e. The topological polar surface area (TPSA) is 75.8 Å². The number of carbonyl (C=O) groups is 1. The summed E-state index contributed by atoms with van der Waals surface area (Å²) in [6.45, 7) is 2.70. The maximum atomic E-state index is 11.9. The molecule has 5 heteroatoms. The fourth-order valence-electron chi connectivity index (χ4n) is 2.16. The van der Waals surface area contributed by atoms with E-state index in [4.69, 9.17) is 10.5 Å². The standard InChI is InChI=1S/C14H20N2O3/c1-11(15)14(18)7-8-16(10-14)13(17)19-9-12-5-3-2-4-6-12/h2-6,11,18H,7-10,15H2,1H3. The van der Waals surface area contributed by atoms with Crippen molar-refractivity contribution in [2.24, 2.45) is 5.73 Å². The maximum absolute atomic E-state index is 11.9. The van der Waals surface area contributed by atoms with Gasteiger partial charge in [0, 0.05) is 12.6 Å². The Morgan fingerprint density at radius 3 is 2.79 bits per heavy atom. The fourth-order valence-corrected chi connectivity index (χ4v) is 2.16. The zero-order valence-electron chi connectivity index (χ0n) is 11.1. The Morgan fingerprint density at radius 1 is 1.53 bits per heavy atom. The summed E-state index contributed by atoms with van der Waals surface area (Å²) in [6.07, 6.45) is 0.0888. The lowest BCUT2D eigenvalue weighted by Gasteiger charge is -2.26. The van der Waals surface area contributed by atoms with Crippen molar-refractivity contribution in [3.63, 3.8) is 0 Å². The highest BCUT2D eigenvalue weighted by Gasteiger charge is 2.41. The summed E-state index contributed by atoms with van der Waals surface area (Å²) in [5.41, 5.74) is 5.68. The Kier molecular flexibility index (Phi) is 4.07. The summed E-state index contributed by atoms with van der Waals surface area (Å²) in [4.78, 5) is 13.4. The summed E-state index contributed by atoms with van der Waals surface area (Å²) in [5.74, 6) is 0. The Hall–Kier alpha value is -1.59. The summed E-state index contributed by atoms with van der Waals surface area (Å²) in [7, 11) is 0. The maximum Gasteiger partial charge on any atom is 0.410 e. The molecule has 2 atom stereocenters. The van der Waals surface area contributed by atoms with E-state index in [-0.39, 0.29) is 19.2 Å². The van der Waals surface area contributed by atoms with Gasteiger partial charge in [0.05, 0.1) is 12.1 Å². The molecule has 0 aliphatic carbocycles. The van der Waals surface area contributed by atoms with Gasteiger partial charge in [-0.1, -0.05) is 30.3 Å². The molecule has 0 aromatic heterocycles. The molecule has 0 saturated carbocycles. The molecule has 1 aromatic carbocycles. The van der Waals surface area contributed by atoms with Crippen LogP contribution in [-0.4, -0.2) is 40.8 Å². The first-order valence-electron chi connectivity index (χ1n) is 6.45. The van der Waals surface area contributed by atoms with Crippen LogP contribution in [0.5, 0.6) is 0 Å². The van der Waals surface area contributed by atoms with E-state index in [1.165, 1.54) is 4.90 Å². The number of aliphatic hydroxyl groups is 1. The average molecular weight is 264 g/mol. The lowest BCUT2D eigenvalue weighted by molar-refractivity contribution is 0.0258. The minimum atomic E-state index is -0.994. The van der Waals surface area contributed by atoms with E-state index < -0.39 is 11.7 Å². The molecule has 19 heavy (non-hydrogen) atoms. The van der Waals surface area contributed by atoms with Crippen molar-refractivity contribution in [3.8, 4) is 0 Å². The van der Waals surface area contributed by atoms with Gasteiger partial charge in [-0.05, 0) is 18.9 Å². The lowest BCUT2D eigenvalue weighted by atomic mass is 9.96. The van der Waals surface area contributed by atoms with Gasteiger partial charge in [-0.25, -0.2) is 4.79 Å². The Balaban J connectivity index is 1.85. The number of nitrogens with two attached hydrogens (primary N) is 1. The normalized spacial score (nSPS) is 24.3. The molecule has 0 spiro atoms. The summed E-state index contributed by atoms with van der Waals surface area (Å²) < 4.78 is 5.22. The first-order chi connectivity index (χ1) is 9.01. The van der Waals surface area contributed by atoms with E-state index in [0.29, 0.717) is 13.0 Å². The second-order valence-electron chi connectivity index (χ2n) is 5.10. The minimum Gasteiger partial charge on any atom is -0.445 e. The number of β-amino-alcohol motifs (C(OH)–C–C–N with tert-alkyl or cyclic N) is 1. The van der Waals surface area contributed by atoms with Crippen LogP contribution in [0.3, 0.4) is 0 Å². The Labute approximate surface area is 113 Å². The number of benzene rings is 1. The number of likely N-dealkylation sites (tertiary alicyclic amines) is 1. The van der Waals surface area contributed by atoms with Gasteiger partial charge in [0.25, 0.3) is 0 Å². The predicted octanol–water partition coefficient (Wildman–Crippen LogP) is 1.11. The van der Waals surface area contributed by atoms with Crippen molar-refractivity contribution >= 4 is 6.09 Å². The van der Waals surface area contributed by atoms with Gasteiger partial charge in [0.15, 0.2) is 0 Å². The number of ether oxygens (including phenoxy) is 1. The highest BCUT2D eigenvalue weighted by molar-refractivity contribution is 5.68. The number of carbonyl (C=O) groups excluding carboxylic acids is 1. The van der Waals surface area contributed by atoms with E-state index in [1.807, 2.05) is 30.3 Å². The second-order valence-corrected chi connectivity index (χ2v) is 5.10. The van der Waals surface area contributed by atoms with Gasteiger partial charge in [-0.3, -0.25) is 0 Å². The van der Waals surface area contributed by atoms with Crippen LogP contribution in [0.25, 0.3) is 0 Å². The lowest BCUT2D eigenvalue weighted by Crippen LogP contribution is -2.48. The molecule has 0 bridgehead atoms. The van der Waals surface area contributed by atoms with Crippen LogP contribution in [0, 0.1) is 0 Å². The molecule has 1 aromatic rings. The van der Waals surface area contributed by atoms with E-state index >= 15 is 0 Å². The van der Waals surface area contributed by atoms with Gasteiger partial charge < -0.3 is 20.5 Å². The summed E-state index contributed by atoms with van der Waals surface area (Å²) in [6, 6.07) is 9.14. The van der Waals surface area contributed by atoms with Gasteiger partial charge in [0.1, 0.15) is 6.61 Å². The smallest absolute Gasteiger partial charge is 0.410 e. The zero-order chi connectivity index (χ0) is 13.9. The van der Waals surface area contributed by atoms with Crippen LogP contribution in [0.2, 0.25) is 0 Å². The van der Waals surface area contributed by atoms with Crippen LogP contribution in [0.1, 0.15) is 18.9 Å². The van der Waals surface area contributed by atoms with Crippen LogP contribution in [0.15, 0.2) is 30.3 Å². The number of hydrogen-bond donors (Lipinski definition) is 2. The zero-order valence-corrected chi connectivity index (χ0v) is 11.1. The van der Waals surface area contributed by atoms with Crippen LogP contribution < -0.4 is 5.73 Å². The third-order valence-electron chi connectivity index (χ3n) is 3.59. The average Bonchev–Trinajstić information content (AvgIpc) is 2.81. The van der Waals surface area contributed by atoms with Crippen LogP contribution in [-0.2, 0) is 11.3 Å². The van der Waals surface area contributed by atoms with Crippen molar-refractivity contribution < 1.29 is 14.6 Å². The number of amides is 1. The van der Waals surface area contributed by atoms with E-state index in [2.05, 4.69) is 0 Å². The summed E-state index contributed by atoms with van der Waals surface area (Å²) in [5, 5.41) is 10.2. The van der Waals surface area contributed by atoms with Crippen LogP contribution in [0.4, 0.5) is 4.79 Å². The van der Waals surface area contributed by atoms with Crippen LogP contribution >= 0.6 is 0 Å². The number of hydrogen-bond acceptors (Lipinski definition) is 4. The first-order valence-corrected chi connectivity index (χ1v) is 6.45. The molecule has 3 N–H and O–H groups in total. The van der Waals surface area contributed by atoms with Gasteiger partial charge in [-0.15, -0.1) is 0 Å². The molecule has 2 rings (SSSR count). The highest BCUT2D eigenvalue weighted by Crippen LogP contribution is 2.24. The highest BCUT2D eigenvalue weighted by atomic mass is 16.6. The molecule has 1 aliphatic rings. The first kappa shape index (κ1) is 13.8. The van der Waals surface area contributed by atoms with Gasteiger partial charge in [-0.2, -0.15) is 0 Å². The molecule has 0 radical (unpaired) electrons. The molecule has 1 amide bonds. The van der Waals surface area contributed by atoms with Gasteiger partial charge in [0.2, 0.25) is 0 Å². The third kappa shape index (κ3) is 3.24. The van der Waals surface area contributed by atoms with Gasteiger partial charge >= 0.3 is 6.09 Å². The second kappa shape index (κ2) is 5.59. The third-order valence-corrected chi connectivity index (χ3v) is 3.59. The Bertz CT molecular complexity index is 436. The molecule has 104 valence electrons. The molecule has 1 saturated heterocycles. The number of rotatable bonds is 3. The van der Waals surface area contributed by atoms with Crippen molar-refractivity contribution in [3.05, 3.63) is 35.9 Å². The fraction of sp³-hybridized carbons (Fsp3) is 0.500. The molecule has 1 fully saturated rings. The minimum absolute atomic E-state index is 0.234. The van der Waals surface area contributed by atoms with Crippen molar-refractivity contribution in [2.45, 2.75) is 31.6 Å². The molecular weight excluding hydrogens is 244 g/mol. The van der Waals surface area contributed by atoms with Crippen molar-refractivity contribution in [1.82, 2.24) is 4.90 Å². The van der Waals surface area contributed by atoms with Crippen molar-refractivity contribution in [1.29, 1.82) is 0 Å². The van der Waals surface area contributed by atoms with Crippen molar-refractivity contribution in [2.75, 3.05) is 13.1 Å². The quantitative estimate of drug-likeness (QED) is 0.857. The number of nitrogens with zero attached hydrogens (tertiary/aromatic N) is 1. The Morgan fingerprint density at radius 2 is 2.21 bits per heavy atom. The van der Waals surface area contributed by atoms with E-state index in [9.17, 15) is 9.90 Å². The molecular formula is C14H20N2O3. The molecule has 2 unspecified atom stereocenters. The SMILES string of the molecule is CC(N)C1(O)CCN(C(=O)OCc2ccccc2)C1. The van der Waals surface area contributed by atoms with E-state index in [0.717, 1.165) is 5.56 Å². The van der Waals surface area contributed by atoms with E-state index in [1.54, 1.807) is 6.92 Å². The molecule has 1 aliphatic heterocycles.